The number of piperazine rings is 1. The van der Waals surface area contributed by atoms with Gasteiger partial charge in [0.25, 0.3) is 5.91 Å². The minimum absolute atomic E-state index is 0.0715. The first-order chi connectivity index (χ1) is 8.91. The number of anilines is 1. The Hall–Kier alpha value is -2.05. The van der Waals surface area contributed by atoms with Gasteiger partial charge in [-0.3, -0.25) is 14.7 Å². The Morgan fingerprint density at radius 3 is 2.63 bits per heavy atom. The van der Waals surface area contributed by atoms with Crippen LogP contribution in [0.25, 0.3) is 0 Å². The quantitative estimate of drug-likeness (QED) is 0.788. The second-order valence-corrected chi connectivity index (χ2v) is 5.10. The van der Waals surface area contributed by atoms with Gasteiger partial charge in [-0.25, -0.2) is 0 Å². The number of hydrogen-bond acceptors (Lipinski definition) is 4. The van der Waals surface area contributed by atoms with E-state index in [0.717, 1.165) is 5.69 Å². The molecule has 2 heterocycles. The normalized spacial score (nSPS) is 16.3. The lowest BCUT2D eigenvalue weighted by Gasteiger charge is -2.31. The van der Waals surface area contributed by atoms with Gasteiger partial charge in [-0.15, -0.1) is 0 Å². The molecule has 2 rings (SSSR count). The molecule has 0 spiro atoms. The van der Waals surface area contributed by atoms with Crippen molar-refractivity contribution >= 4 is 17.5 Å². The molecule has 1 aliphatic rings. The highest BCUT2D eigenvalue weighted by atomic mass is 16.2. The zero-order valence-corrected chi connectivity index (χ0v) is 11.4. The maximum absolute atomic E-state index is 12.3. The Morgan fingerprint density at radius 2 is 2.11 bits per heavy atom. The van der Waals surface area contributed by atoms with Gasteiger partial charge in [0.05, 0.1) is 11.4 Å². The number of aromatic amines is 1. The van der Waals surface area contributed by atoms with Crippen LogP contribution in [0.5, 0.6) is 0 Å². The van der Waals surface area contributed by atoms with E-state index < -0.39 is 0 Å². The van der Waals surface area contributed by atoms with Crippen molar-refractivity contribution < 1.29 is 9.59 Å². The number of rotatable bonds is 2. The molecule has 2 amide bonds. The summed E-state index contributed by atoms with van der Waals surface area (Å²) in [5.41, 5.74) is 7.28. The third-order valence-corrected chi connectivity index (χ3v) is 3.36. The van der Waals surface area contributed by atoms with Crippen molar-refractivity contribution in [1.82, 2.24) is 20.0 Å². The molecule has 0 aromatic carbocycles. The first-order valence-corrected chi connectivity index (χ1v) is 6.28. The minimum atomic E-state index is -0.290. The van der Waals surface area contributed by atoms with E-state index in [0.29, 0.717) is 18.8 Å². The summed E-state index contributed by atoms with van der Waals surface area (Å²) < 4.78 is 0. The Morgan fingerprint density at radius 1 is 1.42 bits per heavy atom. The van der Waals surface area contributed by atoms with Crippen LogP contribution in [0.3, 0.4) is 0 Å². The van der Waals surface area contributed by atoms with E-state index in [4.69, 9.17) is 5.73 Å². The Kier molecular flexibility index (Phi) is 3.46. The van der Waals surface area contributed by atoms with Crippen LogP contribution >= 0.6 is 0 Å². The fourth-order valence-electron chi connectivity index (χ4n) is 2.05. The number of likely N-dealkylation sites (N-methyl/N-ethyl adjacent to an activating group) is 1. The summed E-state index contributed by atoms with van der Waals surface area (Å²) in [7, 11) is 1.73. The average Bonchev–Trinajstić information content (AvgIpc) is 2.74. The highest BCUT2D eigenvalue weighted by Crippen LogP contribution is 2.23. The van der Waals surface area contributed by atoms with Crippen LogP contribution in [0.1, 0.15) is 35.9 Å². The molecule has 7 heteroatoms. The first-order valence-electron chi connectivity index (χ1n) is 6.28. The van der Waals surface area contributed by atoms with E-state index in [1.807, 2.05) is 13.8 Å². The van der Waals surface area contributed by atoms with Gasteiger partial charge in [0.2, 0.25) is 5.91 Å². The van der Waals surface area contributed by atoms with E-state index in [1.54, 1.807) is 11.9 Å². The number of carbonyl (C=O) groups excluding carboxylic acids is 2. The molecule has 0 saturated carbocycles. The summed E-state index contributed by atoms with van der Waals surface area (Å²) in [6, 6.07) is 0. The van der Waals surface area contributed by atoms with Gasteiger partial charge in [0.15, 0.2) is 5.69 Å². The Labute approximate surface area is 111 Å². The molecule has 19 heavy (non-hydrogen) atoms. The van der Waals surface area contributed by atoms with Crippen LogP contribution in [0.15, 0.2) is 0 Å². The summed E-state index contributed by atoms with van der Waals surface area (Å²) in [5.74, 6) is -0.192. The average molecular weight is 265 g/mol. The predicted octanol–water partition coefficient (Wildman–Crippen LogP) is 0.0295. The standard InChI is InChI=1S/C12H19N5O2/c1-7(2)10-9(13)11(15-14-10)12(19)17-5-4-16(3)8(18)6-17/h7H,4-6,13H2,1-3H3,(H,14,15). The zero-order valence-electron chi connectivity index (χ0n) is 11.4. The third-order valence-electron chi connectivity index (χ3n) is 3.36. The van der Waals surface area contributed by atoms with Crippen molar-refractivity contribution in [3.63, 3.8) is 0 Å². The molecule has 1 fully saturated rings. The molecule has 7 nitrogen and oxygen atoms in total. The van der Waals surface area contributed by atoms with Crippen molar-refractivity contribution in [2.75, 3.05) is 32.4 Å². The SMILES string of the molecule is CC(C)c1[nH]nc(C(=O)N2CCN(C)C(=O)C2)c1N. The van der Waals surface area contributed by atoms with Crippen LogP contribution in [-0.2, 0) is 4.79 Å². The van der Waals surface area contributed by atoms with E-state index in [-0.39, 0.29) is 30.0 Å². The van der Waals surface area contributed by atoms with E-state index in [1.165, 1.54) is 4.90 Å². The van der Waals surface area contributed by atoms with Crippen LogP contribution in [0, 0.1) is 0 Å². The van der Waals surface area contributed by atoms with E-state index >= 15 is 0 Å². The molecule has 0 radical (unpaired) electrons. The first kappa shape index (κ1) is 13.4. The van der Waals surface area contributed by atoms with Gasteiger partial charge in [-0.05, 0) is 5.92 Å². The monoisotopic (exact) mass is 265 g/mol. The van der Waals surface area contributed by atoms with Gasteiger partial charge < -0.3 is 15.5 Å². The maximum atomic E-state index is 12.3. The van der Waals surface area contributed by atoms with Gasteiger partial charge in [0.1, 0.15) is 6.54 Å². The van der Waals surface area contributed by atoms with Crippen molar-refractivity contribution in [1.29, 1.82) is 0 Å². The molecule has 1 saturated heterocycles. The number of nitrogens with one attached hydrogen (secondary N) is 1. The molecule has 0 bridgehead atoms. The van der Waals surface area contributed by atoms with E-state index in [2.05, 4.69) is 10.2 Å². The lowest BCUT2D eigenvalue weighted by atomic mass is 10.1. The molecule has 0 atom stereocenters. The zero-order chi connectivity index (χ0) is 14.2. The lowest BCUT2D eigenvalue weighted by molar-refractivity contribution is -0.133. The highest BCUT2D eigenvalue weighted by molar-refractivity contribution is 5.99. The molecule has 0 aliphatic carbocycles. The summed E-state index contributed by atoms with van der Waals surface area (Å²) in [6.45, 7) is 5.06. The third kappa shape index (κ3) is 2.40. The fraction of sp³-hybridized carbons (Fsp3) is 0.583. The summed E-state index contributed by atoms with van der Waals surface area (Å²) in [5, 5.41) is 6.79. The van der Waals surface area contributed by atoms with Crippen LogP contribution < -0.4 is 5.73 Å². The van der Waals surface area contributed by atoms with Crippen molar-refractivity contribution in [2.24, 2.45) is 0 Å². The van der Waals surface area contributed by atoms with Gasteiger partial charge in [-0.2, -0.15) is 5.10 Å². The summed E-state index contributed by atoms with van der Waals surface area (Å²) in [4.78, 5) is 27.0. The van der Waals surface area contributed by atoms with Crippen LogP contribution in [-0.4, -0.2) is 58.5 Å². The molecular weight excluding hydrogens is 246 g/mol. The van der Waals surface area contributed by atoms with Crippen molar-refractivity contribution in [3.8, 4) is 0 Å². The number of hydrogen-bond donors (Lipinski definition) is 2. The lowest BCUT2D eigenvalue weighted by Crippen LogP contribution is -2.50. The molecule has 104 valence electrons. The number of H-pyrrole nitrogens is 1. The van der Waals surface area contributed by atoms with Crippen molar-refractivity contribution in [2.45, 2.75) is 19.8 Å². The Bertz CT molecular complexity index is 508. The van der Waals surface area contributed by atoms with Gasteiger partial charge in [0, 0.05) is 20.1 Å². The number of nitrogens with two attached hydrogens (primary N) is 1. The summed E-state index contributed by atoms with van der Waals surface area (Å²) in [6.07, 6.45) is 0. The molecular formula is C12H19N5O2. The second-order valence-electron chi connectivity index (χ2n) is 5.10. The number of amides is 2. The molecule has 1 aromatic rings. The van der Waals surface area contributed by atoms with Crippen LogP contribution in [0.2, 0.25) is 0 Å². The summed E-state index contributed by atoms with van der Waals surface area (Å²) >= 11 is 0. The Balaban J connectivity index is 2.18. The fourth-order valence-corrected chi connectivity index (χ4v) is 2.05. The van der Waals surface area contributed by atoms with Crippen LogP contribution in [0.4, 0.5) is 5.69 Å². The second kappa shape index (κ2) is 4.91. The number of aromatic nitrogens is 2. The minimum Gasteiger partial charge on any atom is -0.395 e. The molecule has 1 aliphatic heterocycles. The molecule has 3 N–H and O–H groups in total. The van der Waals surface area contributed by atoms with Crippen molar-refractivity contribution in [3.05, 3.63) is 11.4 Å². The van der Waals surface area contributed by atoms with Gasteiger partial charge >= 0.3 is 0 Å². The van der Waals surface area contributed by atoms with Gasteiger partial charge in [-0.1, -0.05) is 13.8 Å². The number of nitrogen functional groups attached to an aromatic ring is 1. The predicted molar refractivity (Wildman–Crippen MR) is 70.6 cm³/mol. The molecule has 1 aromatic heterocycles. The number of carbonyl (C=O) groups is 2. The number of nitrogens with zero attached hydrogens (tertiary/aromatic N) is 3. The maximum Gasteiger partial charge on any atom is 0.277 e. The highest BCUT2D eigenvalue weighted by Gasteiger charge is 2.29. The smallest absolute Gasteiger partial charge is 0.277 e. The molecule has 0 unspecified atom stereocenters. The topological polar surface area (TPSA) is 95.3 Å². The largest absolute Gasteiger partial charge is 0.395 e. The van der Waals surface area contributed by atoms with E-state index in [9.17, 15) is 9.59 Å².